The van der Waals surface area contributed by atoms with Crippen LogP contribution in [-0.4, -0.2) is 30.6 Å². The van der Waals surface area contributed by atoms with Crippen molar-refractivity contribution >= 4 is 23.2 Å². The number of nitrogens with zero attached hydrogens (tertiary/aromatic N) is 1. The van der Waals surface area contributed by atoms with Crippen molar-refractivity contribution in [3.05, 3.63) is 52.7 Å². The van der Waals surface area contributed by atoms with Gasteiger partial charge in [-0.2, -0.15) is 13.2 Å². The first kappa shape index (κ1) is 22.2. The fourth-order valence-electron chi connectivity index (χ4n) is 3.52. The van der Waals surface area contributed by atoms with E-state index in [2.05, 4.69) is 15.6 Å². The molecule has 30 heavy (non-hydrogen) atoms. The molecule has 0 saturated heterocycles. The molecule has 0 aliphatic heterocycles. The number of carbonyl (C=O) groups is 1. The molecule has 1 heterocycles. The SMILES string of the molecule is COc1ccc(NC[C@H]2CC[C@H](NC(=O)c3cc(C(F)(F)F)ccc3Cl)CC2)cn1. The highest BCUT2D eigenvalue weighted by atomic mass is 35.5. The number of methoxy groups -OCH3 is 1. The van der Waals surface area contributed by atoms with E-state index in [1.165, 1.54) is 0 Å². The number of alkyl halides is 3. The van der Waals surface area contributed by atoms with Gasteiger partial charge in [0.25, 0.3) is 5.91 Å². The normalized spacial score (nSPS) is 19.2. The van der Waals surface area contributed by atoms with Crippen molar-refractivity contribution in [3.8, 4) is 5.88 Å². The molecule has 5 nitrogen and oxygen atoms in total. The average Bonchev–Trinajstić information content (AvgIpc) is 2.73. The molecule has 1 aromatic carbocycles. The predicted molar refractivity (Wildman–Crippen MR) is 109 cm³/mol. The number of nitrogens with one attached hydrogen (secondary N) is 2. The van der Waals surface area contributed by atoms with Crippen LogP contribution in [0, 0.1) is 5.92 Å². The molecule has 2 aromatic rings. The minimum absolute atomic E-state index is 0.00601. The predicted octanol–water partition coefficient (Wildman–Crippen LogP) is 5.16. The second-order valence-corrected chi connectivity index (χ2v) is 7.76. The molecule has 3 rings (SSSR count). The van der Waals surface area contributed by atoms with E-state index in [0.29, 0.717) is 11.8 Å². The van der Waals surface area contributed by atoms with E-state index in [9.17, 15) is 18.0 Å². The zero-order valence-corrected chi connectivity index (χ0v) is 17.2. The number of rotatable bonds is 6. The van der Waals surface area contributed by atoms with Gasteiger partial charge in [-0.3, -0.25) is 4.79 Å². The Morgan fingerprint density at radius 1 is 1.20 bits per heavy atom. The number of ether oxygens (including phenoxy) is 1. The maximum atomic E-state index is 12.9. The average molecular weight is 442 g/mol. The fraction of sp³-hybridized carbons (Fsp3) is 0.429. The van der Waals surface area contributed by atoms with Crippen LogP contribution >= 0.6 is 11.6 Å². The van der Waals surface area contributed by atoms with Gasteiger partial charge in [0, 0.05) is 18.7 Å². The number of carbonyl (C=O) groups excluding carboxylic acids is 1. The molecule has 0 bridgehead atoms. The van der Waals surface area contributed by atoms with Crippen molar-refractivity contribution in [1.82, 2.24) is 10.3 Å². The fourth-order valence-corrected chi connectivity index (χ4v) is 3.72. The number of aromatic nitrogens is 1. The first-order valence-corrected chi connectivity index (χ1v) is 10.1. The molecule has 0 unspecified atom stereocenters. The maximum absolute atomic E-state index is 12.9. The van der Waals surface area contributed by atoms with Crippen molar-refractivity contribution in [2.75, 3.05) is 19.0 Å². The number of benzene rings is 1. The highest BCUT2D eigenvalue weighted by Crippen LogP contribution is 2.32. The quantitative estimate of drug-likeness (QED) is 0.649. The second-order valence-electron chi connectivity index (χ2n) is 7.35. The monoisotopic (exact) mass is 441 g/mol. The lowest BCUT2D eigenvalue weighted by Gasteiger charge is -2.29. The Labute approximate surface area is 178 Å². The number of amides is 1. The summed E-state index contributed by atoms with van der Waals surface area (Å²) in [6.07, 6.45) is 0.508. The van der Waals surface area contributed by atoms with Crippen LogP contribution in [0.3, 0.4) is 0 Å². The van der Waals surface area contributed by atoms with E-state index in [0.717, 1.165) is 56.1 Å². The van der Waals surface area contributed by atoms with Crippen LogP contribution in [-0.2, 0) is 6.18 Å². The van der Waals surface area contributed by atoms with E-state index in [-0.39, 0.29) is 16.6 Å². The molecule has 9 heteroatoms. The summed E-state index contributed by atoms with van der Waals surface area (Å²) in [5.74, 6) is 0.423. The minimum atomic E-state index is -4.52. The third kappa shape index (κ3) is 5.78. The van der Waals surface area contributed by atoms with Crippen LogP contribution in [0.25, 0.3) is 0 Å². The highest BCUT2D eigenvalue weighted by Gasteiger charge is 2.32. The van der Waals surface area contributed by atoms with Crippen LogP contribution < -0.4 is 15.4 Å². The van der Waals surface area contributed by atoms with Gasteiger partial charge in [-0.25, -0.2) is 4.98 Å². The second kappa shape index (κ2) is 9.55. The number of hydrogen-bond donors (Lipinski definition) is 2. The van der Waals surface area contributed by atoms with Crippen LogP contribution in [0.1, 0.15) is 41.6 Å². The van der Waals surface area contributed by atoms with Crippen LogP contribution in [0.2, 0.25) is 5.02 Å². The van der Waals surface area contributed by atoms with Gasteiger partial charge < -0.3 is 15.4 Å². The largest absolute Gasteiger partial charge is 0.481 e. The van der Waals surface area contributed by atoms with E-state index >= 15 is 0 Å². The Morgan fingerprint density at radius 2 is 1.93 bits per heavy atom. The number of hydrogen-bond acceptors (Lipinski definition) is 4. The summed E-state index contributed by atoms with van der Waals surface area (Å²) in [7, 11) is 1.56. The van der Waals surface area contributed by atoms with Crippen molar-refractivity contribution in [3.63, 3.8) is 0 Å². The lowest BCUT2D eigenvalue weighted by Crippen LogP contribution is -2.38. The van der Waals surface area contributed by atoms with Crippen molar-refractivity contribution in [1.29, 1.82) is 0 Å². The standard InChI is InChI=1S/C21H23ClF3N3O2/c1-30-19-9-7-16(12-27-19)26-11-13-2-5-15(6-3-13)28-20(29)17-10-14(21(23,24)25)4-8-18(17)22/h4,7-10,12-13,15,26H,2-3,5-6,11H2,1H3,(H,28,29)/t13-,15-. The zero-order chi connectivity index (χ0) is 21.7. The third-order valence-corrected chi connectivity index (χ3v) is 5.59. The molecule has 1 amide bonds. The molecule has 0 spiro atoms. The first-order valence-electron chi connectivity index (χ1n) is 9.68. The lowest BCUT2D eigenvalue weighted by molar-refractivity contribution is -0.137. The third-order valence-electron chi connectivity index (χ3n) is 5.26. The molecule has 0 atom stereocenters. The summed E-state index contributed by atoms with van der Waals surface area (Å²) in [5, 5.41) is 6.18. The Balaban J connectivity index is 1.49. The molecule has 1 saturated carbocycles. The molecule has 1 aliphatic rings. The van der Waals surface area contributed by atoms with Crippen LogP contribution in [0.5, 0.6) is 5.88 Å². The van der Waals surface area contributed by atoms with Gasteiger partial charge in [-0.05, 0) is 55.9 Å². The van der Waals surface area contributed by atoms with Gasteiger partial charge in [0.1, 0.15) is 0 Å². The van der Waals surface area contributed by atoms with Gasteiger partial charge in [-0.15, -0.1) is 0 Å². The summed E-state index contributed by atoms with van der Waals surface area (Å²) in [6.45, 7) is 0.786. The molecule has 1 aromatic heterocycles. The highest BCUT2D eigenvalue weighted by molar-refractivity contribution is 6.33. The number of pyridine rings is 1. The summed E-state index contributed by atoms with van der Waals surface area (Å²) in [4.78, 5) is 16.6. The van der Waals surface area contributed by atoms with Gasteiger partial charge in [0.2, 0.25) is 5.88 Å². The molecular formula is C21H23ClF3N3O2. The van der Waals surface area contributed by atoms with Gasteiger partial charge in [0.15, 0.2) is 0 Å². The summed E-state index contributed by atoms with van der Waals surface area (Å²) in [5.41, 5.74) is -0.132. The van der Waals surface area contributed by atoms with E-state index in [4.69, 9.17) is 16.3 Å². The summed E-state index contributed by atoms with van der Waals surface area (Å²) < 4.78 is 43.8. The van der Waals surface area contributed by atoms with Crippen LogP contribution in [0.4, 0.5) is 18.9 Å². The molecular weight excluding hydrogens is 419 g/mol. The molecule has 0 radical (unpaired) electrons. The number of anilines is 1. The van der Waals surface area contributed by atoms with Gasteiger partial charge in [0.05, 0.1) is 35.1 Å². The molecule has 1 fully saturated rings. The van der Waals surface area contributed by atoms with Crippen molar-refractivity contribution in [2.45, 2.75) is 37.9 Å². The molecule has 1 aliphatic carbocycles. The molecule has 2 N–H and O–H groups in total. The van der Waals surface area contributed by atoms with Gasteiger partial charge >= 0.3 is 6.18 Å². The Morgan fingerprint density at radius 3 is 2.53 bits per heavy atom. The van der Waals surface area contributed by atoms with Crippen molar-refractivity contribution in [2.24, 2.45) is 5.92 Å². The lowest BCUT2D eigenvalue weighted by atomic mass is 9.86. The topological polar surface area (TPSA) is 63.2 Å². The Bertz CT molecular complexity index is 867. The maximum Gasteiger partial charge on any atom is 0.416 e. The van der Waals surface area contributed by atoms with Crippen molar-refractivity contribution < 1.29 is 22.7 Å². The molecule has 162 valence electrons. The zero-order valence-electron chi connectivity index (χ0n) is 16.4. The Kier molecular flexibility index (Phi) is 7.07. The summed E-state index contributed by atoms with van der Waals surface area (Å²) in [6, 6.07) is 6.38. The van der Waals surface area contributed by atoms with Gasteiger partial charge in [-0.1, -0.05) is 11.6 Å². The first-order chi connectivity index (χ1) is 14.3. The van der Waals surface area contributed by atoms with Crippen LogP contribution in [0.15, 0.2) is 36.5 Å². The van der Waals surface area contributed by atoms with E-state index < -0.39 is 17.6 Å². The van der Waals surface area contributed by atoms with E-state index in [1.807, 2.05) is 6.07 Å². The minimum Gasteiger partial charge on any atom is -0.481 e. The van der Waals surface area contributed by atoms with E-state index in [1.54, 1.807) is 19.4 Å². The summed E-state index contributed by atoms with van der Waals surface area (Å²) >= 11 is 5.95. The smallest absolute Gasteiger partial charge is 0.416 e. The Hall–Kier alpha value is -2.48. The number of halogens is 4.